The summed E-state index contributed by atoms with van der Waals surface area (Å²) in [4.78, 5) is 25.5. The number of halogens is 1. The number of carbonyl (C=O) groups excluding carboxylic acids is 2. The van der Waals surface area contributed by atoms with Gasteiger partial charge in [0.25, 0.3) is 5.91 Å². The fourth-order valence-electron chi connectivity index (χ4n) is 2.48. The average molecular weight is 298 g/mol. The van der Waals surface area contributed by atoms with Gasteiger partial charge in [0.1, 0.15) is 11.9 Å². The number of aryl methyl sites for hydroxylation is 1. The van der Waals surface area contributed by atoms with Crippen LogP contribution >= 0.6 is 0 Å². The lowest BCUT2D eigenvalue weighted by atomic mass is 10.2. The van der Waals surface area contributed by atoms with E-state index in [4.69, 9.17) is 0 Å². The lowest BCUT2D eigenvalue weighted by Crippen LogP contribution is -2.34. The number of hydrogen-bond donors (Lipinski definition) is 1. The standard InChI is InChI=1S/C17H15FN2O2/c1-11-5-7-13(8-6-11)19-15-10-16(21)20(17(15)22)14-4-2-3-12(18)9-14/h2-9,15,19H,10H2,1H3/t15-/m0/s1. The second kappa shape index (κ2) is 5.60. The van der Waals surface area contributed by atoms with Gasteiger partial charge in [-0.05, 0) is 37.3 Å². The second-order valence-corrected chi connectivity index (χ2v) is 5.31. The van der Waals surface area contributed by atoms with Gasteiger partial charge < -0.3 is 5.32 Å². The monoisotopic (exact) mass is 298 g/mol. The Labute approximate surface area is 127 Å². The first-order chi connectivity index (χ1) is 10.5. The highest BCUT2D eigenvalue weighted by molar-refractivity contribution is 6.23. The fraction of sp³-hybridized carbons (Fsp3) is 0.176. The van der Waals surface area contributed by atoms with Gasteiger partial charge in [-0.1, -0.05) is 23.8 Å². The molecule has 2 aromatic rings. The van der Waals surface area contributed by atoms with Crippen molar-refractivity contribution in [1.82, 2.24) is 0 Å². The number of hydrogen-bond acceptors (Lipinski definition) is 3. The molecule has 1 saturated heterocycles. The number of nitrogens with one attached hydrogen (secondary N) is 1. The lowest BCUT2D eigenvalue weighted by molar-refractivity contribution is -0.121. The zero-order valence-electron chi connectivity index (χ0n) is 12.0. The normalized spacial score (nSPS) is 17.9. The van der Waals surface area contributed by atoms with Crippen LogP contribution in [0.25, 0.3) is 0 Å². The third-order valence-electron chi connectivity index (χ3n) is 3.61. The predicted octanol–water partition coefficient (Wildman–Crippen LogP) is 2.88. The van der Waals surface area contributed by atoms with Gasteiger partial charge in [0.2, 0.25) is 5.91 Å². The molecule has 1 atom stereocenters. The van der Waals surface area contributed by atoms with Crippen LogP contribution in [0.1, 0.15) is 12.0 Å². The maximum absolute atomic E-state index is 13.3. The van der Waals surface area contributed by atoms with Crippen molar-refractivity contribution in [2.45, 2.75) is 19.4 Å². The minimum absolute atomic E-state index is 0.0588. The zero-order valence-corrected chi connectivity index (χ0v) is 12.0. The third-order valence-corrected chi connectivity index (χ3v) is 3.61. The first-order valence-corrected chi connectivity index (χ1v) is 7.00. The third kappa shape index (κ3) is 2.70. The zero-order chi connectivity index (χ0) is 15.7. The van der Waals surface area contributed by atoms with Gasteiger partial charge in [0, 0.05) is 5.69 Å². The van der Waals surface area contributed by atoms with Gasteiger partial charge in [-0.3, -0.25) is 9.59 Å². The highest BCUT2D eigenvalue weighted by Crippen LogP contribution is 2.25. The summed E-state index contributed by atoms with van der Waals surface area (Å²) in [6, 6.07) is 12.4. The molecule has 2 aromatic carbocycles. The summed E-state index contributed by atoms with van der Waals surface area (Å²) in [6.07, 6.45) is 0.0588. The molecule has 112 valence electrons. The molecule has 0 aromatic heterocycles. The van der Waals surface area contributed by atoms with Crippen molar-refractivity contribution in [1.29, 1.82) is 0 Å². The van der Waals surface area contributed by atoms with Gasteiger partial charge in [0.05, 0.1) is 12.1 Å². The molecule has 1 aliphatic heterocycles. The Morgan fingerprint density at radius 1 is 1.14 bits per heavy atom. The highest BCUT2D eigenvalue weighted by Gasteiger charge is 2.39. The smallest absolute Gasteiger partial charge is 0.256 e. The fourth-order valence-corrected chi connectivity index (χ4v) is 2.48. The Morgan fingerprint density at radius 3 is 2.55 bits per heavy atom. The molecule has 0 radical (unpaired) electrons. The molecule has 0 bridgehead atoms. The Morgan fingerprint density at radius 2 is 1.86 bits per heavy atom. The minimum atomic E-state index is -0.626. The summed E-state index contributed by atoms with van der Waals surface area (Å²) in [7, 11) is 0. The average Bonchev–Trinajstić information content (AvgIpc) is 2.76. The number of imide groups is 1. The molecule has 3 rings (SSSR count). The van der Waals surface area contributed by atoms with Crippen molar-refractivity contribution in [3.05, 3.63) is 59.9 Å². The van der Waals surface area contributed by atoms with E-state index in [1.54, 1.807) is 6.07 Å². The van der Waals surface area contributed by atoms with E-state index in [0.717, 1.165) is 16.2 Å². The largest absolute Gasteiger partial charge is 0.373 e. The molecule has 0 spiro atoms. The number of carbonyl (C=O) groups is 2. The van der Waals surface area contributed by atoms with Crippen LogP contribution in [-0.4, -0.2) is 17.9 Å². The number of amides is 2. The van der Waals surface area contributed by atoms with Crippen LogP contribution in [0.15, 0.2) is 48.5 Å². The maximum atomic E-state index is 13.3. The number of benzene rings is 2. The van der Waals surface area contributed by atoms with E-state index in [1.807, 2.05) is 31.2 Å². The first-order valence-electron chi connectivity index (χ1n) is 7.00. The summed E-state index contributed by atoms with van der Waals surface area (Å²) in [5.74, 6) is -1.18. The van der Waals surface area contributed by atoms with Crippen LogP contribution in [0, 0.1) is 12.7 Å². The quantitative estimate of drug-likeness (QED) is 0.886. The highest BCUT2D eigenvalue weighted by atomic mass is 19.1. The number of anilines is 2. The van der Waals surface area contributed by atoms with E-state index in [0.29, 0.717) is 0 Å². The van der Waals surface area contributed by atoms with E-state index >= 15 is 0 Å². The van der Waals surface area contributed by atoms with E-state index < -0.39 is 11.9 Å². The van der Waals surface area contributed by atoms with Gasteiger partial charge in [0.15, 0.2) is 0 Å². The SMILES string of the molecule is Cc1ccc(N[C@H]2CC(=O)N(c3cccc(F)c3)C2=O)cc1. The molecule has 5 heteroatoms. The van der Waals surface area contributed by atoms with E-state index in [1.165, 1.54) is 18.2 Å². The van der Waals surface area contributed by atoms with Gasteiger partial charge in [-0.25, -0.2) is 9.29 Å². The first kappa shape index (κ1) is 14.3. The van der Waals surface area contributed by atoms with Crippen molar-refractivity contribution < 1.29 is 14.0 Å². The Bertz CT molecular complexity index is 728. The van der Waals surface area contributed by atoms with Crippen molar-refractivity contribution in [2.75, 3.05) is 10.2 Å². The van der Waals surface area contributed by atoms with Crippen LogP contribution in [-0.2, 0) is 9.59 Å². The van der Waals surface area contributed by atoms with Crippen molar-refractivity contribution in [2.24, 2.45) is 0 Å². The van der Waals surface area contributed by atoms with Crippen LogP contribution in [0.3, 0.4) is 0 Å². The second-order valence-electron chi connectivity index (χ2n) is 5.31. The van der Waals surface area contributed by atoms with Crippen molar-refractivity contribution in [3.8, 4) is 0 Å². The molecule has 1 N–H and O–H groups in total. The lowest BCUT2D eigenvalue weighted by Gasteiger charge is -2.16. The van der Waals surface area contributed by atoms with Gasteiger partial charge in [-0.2, -0.15) is 0 Å². The molecule has 1 fully saturated rings. The molecule has 0 aliphatic carbocycles. The minimum Gasteiger partial charge on any atom is -0.373 e. The summed E-state index contributed by atoms with van der Waals surface area (Å²) >= 11 is 0. The molecule has 1 aliphatic rings. The number of rotatable bonds is 3. The van der Waals surface area contributed by atoms with E-state index in [2.05, 4.69) is 5.32 Å². The molecule has 2 amide bonds. The Kier molecular flexibility index (Phi) is 3.63. The molecular formula is C17H15FN2O2. The van der Waals surface area contributed by atoms with Crippen LogP contribution in [0.4, 0.5) is 15.8 Å². The predicted molar refractivity (Wildman–Crippen MR) is 82.1 cm³/mol. The summed E-state index contributed by atoms with van der Waals surface area (Å²) < 4.78 is 13.3. The maximum Gasteiger partial charge on any atom is 0.256 e. The summed E-state index contributed by atoms with van der Waals surface area (Å²) in [5.41, 5.74) is 2.15. The van der Waals surface area contributed by atoms with Crippen LogP contribution in [0.2, 0.25) is 0 Å². The van der Waals surface area contributed by atoms with Gasteiger partial charge >= 0.3 is 0 Å². The van der Waals surface area contributed by atoms with Gasteiger partial charge in [-0.15, -0.1) is 0 Å². The van der Waals surface area contributed by atoms with Crippen molar-refractivity contribution in [3.63, 3.8) is 0 Å². The molecular weight excluding hydrogens is 283 g/mol. The van der Waals surface area contributed by atoms with Crippen molar-refractivity contribution >= 4 is 23.2 Å². The topological polar surface area (TPSA) is 49.4 Å². The van der Waals surface area contributed by atoms with Crippen LogP contribution in [0.5, 0.6) is 0 Å². The van der Waals surface area contributed by atoms with Crippen LogP contribution < -0.4 is 10.2 Å². The van der Waals surface area contributed by atoms with E-state index in [9.17, 15) is 14.0 Å². The molecule has 22 heavy (non-hydrogen) atoms. The molecule has 0 saturated carbocycles. The summed E-state index contributed by atoms with van der Waals surface area (Å²) in [6.45, 7) is 1.97. The molecule has 4 nitrogen and oxygen atoms in total. The van der Waals surface area contributed by atoms with E-state index in [-0.39, 0.29) is 23.9 Å². The Balaban J connectivity index is 1.81. The Hall–Kier alpha value is -2.69. The summed E-state index contributed by atoms with van der Waals surface area (Å²) in [5, 5.41) is 3.06. The molecule has 1 heterocycles. The number of nitrogens with zero attached hydrogens (tertiary/aromatic N) is 1. The molecule has 0 unspecified atom stereocenters.